The van der Waals surface area contributed by atoms with Crippen LogP contribution in [0.5, 0.6) is 5.75 Å². The van der Waals surface area contributed by atoms with Gasteiger partial charge in [-0.15, -0.1) is 11.3 Å². The van der Waals surface area contributed by atoms with Crippen LogP contribution in [0.4, 0.5) is 4.39 Å². The van der Waals surface area contributed by atoms with E-state index in [2.05, 4.69) is 10.3 Å². The van der Waals surface area contributed by atoms with Crippen molar-refractivity contribution in [3.05, 3.63) is 34.6 Å². The summed E-state index contributed by atoms with van der Waals surface area (Å²) >= 11 is 1.56. The van der Waals surface area contributed by atoms with Gasteiger partial charge in [0.1, 0.15) is 16.6 Å². The minimum absolute atomic E-state index is 0.284. The van der Waals surface area contributed by atoms with Crippen LogP contribution in [-0.4, -0.2) is 19.1 Å². The average Bonchev–Trinajstić information content (AvgIpc) is 2.71. The summed E-state index contributed by atoms with van der Waals surface area (Å²) in [5.41, 5.74) is 1.67. The molecule has 1 N–H and O–H groups in total. The highest BCUT2D eigenvalue weighted by Crippen LogP contribution is 2.34. The molecule has 0 spiro atoms. The zero-order valence-corrected chi connectivity index (χ0v) is 11.4. The number of hydrogen-bond donors (Lipinski definition) is 1. The van der Waals surface area contributed by atoms with E-state index in [4.69, 9.17) is 4.74 Å². The van der Waals surface area contributed by atoms with Crippen LogP contribution in [0.1, 0.15) is 10.6 Å². The molecule has 0 atom stereocenters. The third kappa shape index (κ3) is 2.52. The van der Waals surface area contributed by atoms with Gasteiger partial charge in [-0.3, -0.25) is 0 Å². The van der Waals surface area contributed by atoms with E-state index < -0.39 is 0 Å². The van der Waals surface area contributed by atoms with E-state index in [-0.39, 0.29) is 5.82 Å². The number of aromatic nitrogens is 1. The molecule has 1 aromatic heterocycles. The summed E-state index contributed by atoms with van der Waals surface area (Å²) in [6, 6.07) is 4.47. The second-order valence-corrected chi connectivity index (χ2v) is 4.99. The van der Waals surface area contributed by atoms with Crippen molar-refractivity contribution in [3.8, 4) is 16.3 Å². The molecule has 2 rings (SSSR count). The first-order valence-electron chi connectivity index (χ1n) is 5.60. The van der Waals surface area contributed by atoms with E-state index in [0.29, 0.717) is 11.3 Å². The zero-order chi connectivity index (χ0) is 13.1. The number of halogens is 1. The summed E-state index contributed by atoms with van der Waals surface area (Å²) in [4.78, 5) is 5.63. The quantitative estimate of drug-likeness (QED) is 0.923. The molecular weight excluding hydrogens is 251 g/mol. The van der Waals surface area contributed by atoms with E-state index in [1.807, 2.05) is 14.0 Å². The molecule has 1 aromatic carbocycles. The third-order valence-corrected chi connectivity index (χ3v) is 3.81. The highest BCUT2D eigenvalue weighted by Gasteiger charge is 2.13. The van der Waals surface area contributed by atoms with Gasteiger partial charge in [0.2, 0.25) is 0 Å². The fraction of sp³-hybridized carbons (Fsp3) is 0.308. The molecular formula is C13H15FN2OS. The Hall–Kier alpha value is -1.46. The number of ether oxygens (including phenoxy) is 1. The Bertz CT molecular complexity index is 554. The van der Waals surface area contributed by atoms with Crippen molar-refractivity contribution in [2.75, 3.05) is 14.2 Å². The Kier molecular flexibility index (Phi) is 3.93. The van der Waals surface area contributed by atoms with Gasteiger partial charge >= 0.3 is 0 Å². The van der Waals surface area contributed by atoms with Crippen LogP contribution in [-0.2, 0) is 6.54 Å². The highest BCUT2D eigenvalue weighted by molar-refractivity contribution is 7.15. The molecule has 2 aromatic rings. The van der Waals surface area contributed by atoms with Gasteiger partial charge in [0, 0.05) is 11.4 Å². The molecule has 0 radical (unpaired) electrons. The first-order valence-corrected chi connectivity index (χ1v) is 6.42. The van der Waals surface area contributed by atoms with Gasteiger partial charge in [-0.05, 0) is 32.2 Å². The first kappa shape index (κ1) is 13.0. The van der Waals surface area contributed by atoms with Crippen molar-refractivity contribution < 1.29 is 9.13 Å². The molecule has 0 aliphatic carbocycles. The molecule has 0 bridgehead atoms. The number of hydrogen-bond acceptors (Lipinski definition) is 4. The number of nitrogens with one attached hydrogen (secondary N) is 1. The SMILES string of the molecule is CNCc1sc(-c2cc(F)ccc2OC)nc1C. The van der Waals surface area contributed by atoms with E-state index in [0.717, 1.165) is 22.1 Å². The lowest BCUT2D eigenvalue weighted by atomic mass is 10.2. The van der Waals surface area contributed by atoms with Crippen LogP contribution in [0.25, 0.3) is 10.6 Å². The Morgan fingerprint density at radius 2 is 2.22 bits per heavy atom. The molecule has 0 saturated heterocycles. The summed E-state index contributed by atoms with van der Waals surface area (Å²) in [5.74, 6) is 0.356. The molecule has 3 nitrogen and oxygen atoms in total. The predicted octanol–water partition coefficient (Wildman–Crippen LogP) is 2.99. The minimum Gasteiger partial charge on any atom is -0.496 e. The molecule has 0 amide bonds. The van der Waals surface area contributed by atoms with Crippen LogP contribution in [0.2, 0.25) is 0 Å². The van der Waals surface area contributed by atoms with Crippen molar-refractivity contribution >= 4 is 11.3 Å². The molecule has 0 aliphatic rings. The molecule has 1 heterocycles. The molecule has 0 saturated carbocycles. The normalized spacial score (nSPS) is 10.7. The van der Waals surface area contributed by atoms with Crippen LogP contribution in [0.15, 0.2) is 18.2 Å². The highest BCUT2D eigenvalue weighted by atomic mass is 32.1. The van der Waals surface area contributed by atoms with Crippen LogP contribution in [0, 0.1) is 12.7 Å². The molecule has 0 unspecified atom stereocenters. The average molecular weight is 266 g/mol. The summed E-state index contributed by atoms with van der Waals surface area (Å²) in [5, 5.41) is 3.88. The van der Waals surface area contributed by atoms with E-state index in [1.54, 1.807) is 24.5 Å². The molecule has 18 heavy (non-hydrogen) atoms. The Morgan fingerprint density at radius 3 is 2.89 bits per heavy atom. The number of methoxy groups -OCH3 is 1. The topological polar surface area (TPSA) is 34.1 Å². The number of rotatable bonds is 4. The van der Waals surface area contributed by atoms with Crippen molar-refractivity contribution in [3.63, 3.8) is 0 Å². The van der Waals surface area contributed by atoms with Gasteiger partial charge in [0.25, 0.3) is 0 Å². The van der Waals surface area contributed by atoms with Gasteiger partial charge in [0.15, 0.2) is 0 Å². The Balaban J connectivity index is 2.47. The van der Waals surface area contributed by atoms with E-state index in [9.17, 15) is 4.39 Å². The summed E-state index contributed by atoms with van der Waals surface area (Å²) in [6.45, 7) is 2.72. The summed E-state index contributed by atoms with van der Waals surface area (Å²) < 4.78 is 18.6. The number of benzene rings is 1. The second-order valence-electron chi connectivity index (χ2n) is 3.90. The van der Waals surface area contributed by atoms with Gasteiger partial charge in [0.05, 0.1) is 18.4 Å². The number of nitrogens with zero attached hydrogens (tertiary/aromatic N) is 1. The van der Waals surface area contributed by atoms with Crippen molar-refractivity contribution in [1.82, 2.24) is 10.3 Å². The van der Waals surface area contributed by atoms with Crippen molar-refractivity contribution in [1.29, 1.82) is 0 Å². The van der Waals surface area contributed by atoms with E-state index in [1.165, 1.54) is 12.1 Å². The fourth-order valence-corrected chi connectivity index (χ4v) is 2.81. The largest absolute Gasteiger partial charge is 0.496 e. The minimum atomic E-state index is -0.284. The maximum Gasteiger partial charge on any atom is 0.129 e. The van der Waals surface area contributed by atoms with Crippen LogP contribution < -0.4 is 10.1 Å². The van der Waals surface area contributed by atoms with Gasteiger partial charge < -0.3 is 10.1 Å². The van der Waals surface area contributed by atoms with Crippen molar-refractivity contribution in [2.45, 2.75) is 13.5 Å². The Labute approximate surface area is 110 Å². The maximum atomic E-state index is 13.3. The second kappa shape index (κ2) is 5.46. The Morgan fingerprint density at radius 1 is 1.44 bits per heavy atom. The molecule has 96 valence electrons. The van der Waals surface area contributed by atoms with Gasteiger partial charge in [-0.1, -0.05) is 0 Å². The molecule has 5 heteroatoms. The number of aryl methyl sites for hydroxylation is 1. The van der Waals surface area contributed by atoms with Gasteiger partial charge in [-0.2, -0.15) is 0 Å². The fourth-order valence-electron chi connectivity index (χ4n) is 1.72. The third-order valence-electron chi connectivity index (χ3n) is 2.62. The summed E-state index contributed by atoms with van der Waals surface area (Å²) in [6.07, 6.45) is 0. The number of thiazole rings is 1. The smallest absolute Gasteiger partial charge is 0.129 e. The monoisotopic (exact) mass is 266 g/mol. The lowest BCUT2D eigenvalue weighted by Crippen LogP contribution is -2.04. The predicted molar refractivity (Wildman–Crippen MR) is 71.6 cm³/mol. The lowest BCUT2D eigenvalue weighted by Gasteiger charge is -2.05. The van der Waals surface area contributed by atoms with Crippen molar-refractivity contribution in [2.24, 2.45) is 0 Å². The van der Waals surface area contributed by atoms with Crippen LogP contribution >= 0.6 is 11.3 Å². The molecule has 0 fully saturated rings. The van der Waals surface area contributed by atoms with E-state index >= 15 is 0 Å². The maximum absolute atomic E-state index is 13.3. The standard InChI is InChI=1S/C13H15FN2OS/c1-8-12(7-15-2)18-13(16-8)10-6-9(14)4-5-11(10)17-3/h4-6,15H,7H2,1-3H3. The van der Waals surface area contributed by atoms with Crippen LogP contribution in [0.3, 0.4) is 0 Å². The first-order chi connectivity index (χ1) is 8.65. The molecule has 0 aliphatic heterocycles. The lowest BCUT2D eigenvalue weighted by molar-refractivity contribution is 0.415. The van der Waals surface area contributed by atoms with Gasteiger partial charge in [-0.25, -0.2) is 9.37 Å². The summed E-state index contributed by atoms with van der Waals surface area (Å²) in [7, 11) is 3.47. The zero-order valence-electron chi connectivity index (χ0n) is 10.6.